The first-order valence-electron chi connectivity index (χ1n) is 22.8. The molecule has 1 aliphatic carbocycles. The number of carbonyl (C=O) groups excluding carboxylic acids is 2. The molecule has 0 aliphatic heterocycles. The Hall–Kier alpha value is -2.68. The Bertz CT molecular complexity index is 1610. The van der Waals surface area contributed by atoms with Crippen LogP contribution in [0.1, 0.15) is 123 Å². The van der Waals surface area contributed by atoms with E-state index in [1.165, 1.54) is 12.2 Å². The number of aliphatic hydroxyl groups excluding tert-OH is 7. The molecule has 21 heteroatoms. The second-order valence-electron chi connectivity index (χ2n) is 16.0. The van der Waals surface area contributed by atoms with Gasteiger partial charge in [-0.3, -0.25) is 23.2 Å². The second kappa shape index (κ2) is 35.4. The highest BCUT2D eigenvalue weighted by Gasteiger charge is 2.54. The Morgan fingerprint density at radius 1 is 0.591 bits per heavy atom. The fourth-order valence-corrected chi connectivity index (χ4v) is 7.93. The van der Waals surface area contributed by atoms with Crippen molar-refractivity contribution in [2.75, 3.05) is 13.2 Å². The maximum atomic E-state index is 13.0. The van der Waals surface area contributed by atoms with Gasteiger partial charge in [0.1, 0.15) is 43.2 Å². The van der Waals surface area contributed by atoms with Crippen LogP contribution in [0.15, 0.2) is 72.9 Å². The predicted molar refractivity (Wildman–Crippen MR) is 245 cm³/mol. The number of carbonyl (C=O) groups is 2. The van der Waals surface area contributed by atoms with Crippen LogP contribution in [0.3, 0.4) is 0 Å². The average Bonchev–Trinajstić information content (AvgIpc) is 3.26. The van der Waals surface area contributed by atoms with Crippen LogP contribution in [0.5, 0.6) is 0 Å². The van der Waals surface area contributed by atoms with Gasteiger partial charge in [-0.15, -0.1) is 0 Å². The van der Waals surface area contributed by atoms with E-state index in [4.69, 9.17) is 28.3 Å². The predicted octanol–water partition coefficient (Wildman–Crippen LogP) is 4.97. The van der Waals surface area contributed by atoms with Gasteiger partial charge < -0.3 is 59.9 Å². The number of phosphoric ester groups is 2. The molecule has 0 aromatic carbocycles. The lowest BCUT2D eigenvalue weighted by molar-refractivity contribution is -0.216. The summed E-state index contributed by atoms with van der Waals surface area (Å²) in [6.07, 6.45) is 15.0. The number of unbranched alkanes of at least 4 members (excludes halogenated alkanes) is 8. The van der Waals surface area contributed by atoms with E-state index in [-0.39, 0.29) is 25.7 Å². The molecule has 0 saturated heterocycles. The first-order valence-corrected chi connectivity index (χ1v) is 25.8. The van der Waals surface area contributed by atoms with Crippen molar-refractivity contribution in [1.82, 2.24) is 0 Å². The standard InChI is InChI=1S/C45H76O19P2/c1-3-5-7-8-9-10-11-12-13-14-15-20-24-30-38(49)60-32-35(33-61-66(58,59)64-45-42(53)40(51)41(52)44(43(45)54)63-65(55,56)57)62-39(50)31-25-29-37(48)36(47)28-23-19-17-16-18-22-27-34(46)26-21-6-4-2/h7-8,10-11,16-19,22-23,27-28,34-37,40-48,51-54H,3-6,9,12-15,20-21,24-26,29-33H2,1-2H3,(H,58,59)(H2,55,56,57)/b8-7-,11-10-,18-16-,19-17+,27-22+,28-23+/t34-,35+,36-,37-,40?,41?,42?,43?,44+,45-/m0/s1. The molecular formula is C45H76O19P2. The van der Waals surface area contributed by atoms with Gasteiger partial charge in [-0.05, 0) is 51.4 Å². The van der Waals surface area contributed by atoms with Crippen LogP contribution >= 0.6 is 15.6 Å². The first kappa shape index (κ1) is 61.3. The third-order valence-electron chi connectivity index (χ3n) is 10.1. The number of aliphatic hydroxyl groups is 7. The van der Waals surface area contributed by atoms with Crippen LogP contribution in [0.4, 0.5) is 0 Å². The molecule has 1 fully saturated rings. The molecule has 0 spiro atoms. The summed E-state index contributed by atoms with van der Waals surface area (Å²) in [5, 5.41) is 71.8. The van der Waals surface area contributed by atoms with Crippen LogP contribution < -0.4 is 0 Å². The van der Waals surface area contributed by atoms with Crippen molar-refractivity contribution in [3.63, 3.8) is 0 Å². The molecule has 380 valence electrons. The van der Waals surface area contributed by atoms with Crippen molar-refractivity contribution in [2.24, 2.45) is 0 Å². The fourth-order valence-electron chi connectivity index (χ4n) is 6.39. The lowest BCUT2D eigenvalue weighted by Crippen LogP contribution is -2.64. The minimum atomic E-state index is -5.41. The summed E-state index contributed by atoms with van der Waals surface area (Å²) in [5.41, 5.74) is 0. The molecule has 19 nitrogen and oxygen atoms in total. The Morgan fingerprint density at radius 3 is 1.83 bits per heavy atom. The summed E-state index contributed by atoms with van der Waals surface area (Å²) in [7, 11) is -10.8. The van der Waals surface area contributed by atoms with E-state index in [0.29, 0.717) is 12.8 Å². The highest BCUT2D eigenvalue weighted by molar-refractivity contribution is 7.47. The number of hydrogen-bond acceptors (Lipinski definition) is 16. The summed E-state index contributed by atoms with van der Waals surface area (Å²) in [4.78, 5) is 54.2. The zero-order valence-corrected chi connectivity index (χ0v) is 40.0. The van der Waals surface area contributed by atoms with E-state index in [0.717, 1.165) is 70.6 Å². The maximum absolute atomic E-state index is 13.0. The molecule has 66 heavy (non-hydrogen) atoms. The van der Waals surface area contributed by atoms with Crippen LogP contribution in [-0.2, 0) is 41.8 Å². The van der Waals surface area contributed by atoms with E-state index >= 15 is 0 Å². The van der Waals surface area contributed by atoms with E-state index in [9.17, 15) is 59.4 Å². The van der Waals surface area contributed by atoms with Gasteiger partial charge in [-0.2, -0.15) is 0 Å². The van der Waals surface area contributed by atoms with Crippen molar-refractivity contribution in [3.05, 3.63) is 72.9 Å². The molecule has 0 radical (unpaired) electrons. The summed E-state index contributed by atoms with van der Waals surface area (Å²) >= 11 is 0. The van der Waals surface area contributed by atoms with Crippen LogP contribution in [-0.4, -0.2) is 137 Å². The molecule has 5 unspecified atom stereocenters. The fraction of sp³-hybridized carbons (Fsp3) is 0.689. The monoisotopic (exact) mass is 982 g/mol. The minimum absolute atomic E-state index is 0.0191. The summed E-state index contributed by atoms with van der Waals surface area (Å²) in [6.45, 7) is 2.61. The Kier molecular flexibility index (Phi) is 32.9. The molecule has 1 rings (SSSR count). The van der Waals surface area contributed by atoms with Gasteiger partial charge in [0, 0.05) is 12.8 Å². The van der Waals surface area contributed by atoms with Gasteiger partial charge in [0.05, 0.1) is 24.9 Å². The molecule has 10 N–H and O–H groups in total. The lowest BCUT2D eigenvalue weighted by atomic mass is 9.85. The molecule has 0 aromatic heterocycles. The zero-order valence-electron chi connectivity index (χ0n) is 38.2. The highest BCUT2D eigenvalue weighted by atomic mass is 31.2. The van der Waals surface area contributed by atoms with Crippen LogP contribution in [0.2, 0.25) is 0 Å². The van der Waals surface area contributed by atoms with Gasteiger partial charge in [0.2, 0.25) is 0 Å². The van der Waals surface area contributed by atoms with Gasteiger partial charge in [-0.25, -0.2) is 9.13 Å². The maximum Gasteiger partial charge on any atom is 0.472 e. The van der Waals surface area contributed by atoms with Crippen molar-refractivity contribution >= 4 is 27.6 Å². The van der Waals surface area contributed by atoms with E-state index < -0.39 is 102 Å². The number of hydrogen-bond donors (Lipinski definition) is 10. The Labute approximate surface area is 389 Å². The smallest absolute Gasteiger partial charge is 0.462 e. The topological polar surface area (TPSA) is 317 Å². The molecule has 1 aliphatic rings. The largest absolute Gasteiger partial charge is 0.472 e. The Balaban J connectivity index is 2.78. The van der Waals surface area contributed by atoms with E-state index in [2.05, 4.69) is 42.7 Å². The summed E-state index contributed by atoms with van der Waals surface area (Å²) in [5.74, 6) is -1.56. The lowest BCUT2D eigenvalue weighted by Gasteiger charge is -2.43. The van der Waals surface area contributed by atoms with Crippen molar-refractivity contribution in [1.29, 1.82) is 0 Å². The zero-order chi connectivity index (χ0) is 49.4. The second-order valence-corrected chi connectivity index (χ2v) is 18.6. The average molecular weight is 983 g/mol. The number of allylic oxidation sites excluding steroid dienone is 10. The van der Waals surface area contributed by atoms with Crippen molar-refractivity contribution in [3.8, 4) is 0 Å². The first-order chi connectivity index (χ1) is 31.3. The molecule has 0 bridgehead atoms. The van der Waals surface area contributed by atoms with E-state index in [1.807, 2.05) is 0 Å². The quantitative estimate of drug-likeness (QED) is 0.0130. The molecule has 11 atom stereocenters. The number of phosphoric acid groups is 2. The van der Waals surface area contributed by atoms with Gasteiger partial charge in [0.15, 0.2) is 6.10 Å². The Morgan fingerprint density at radius 2 is 1.18 bits per heavy atom. The normalized spacial score (nSPS) is 23.6. The van der Waals surface area contributed by atoms with Crippen molar-refractivity contribution in [2.45, 2.75) is 184 Å². The number of esters is 2. The third-order valence-corrected chi connectivity index (χ3v) is 11.6. The van der Waals surface area contributed by atoms with Crippen LogP contribution in [0, 0.1) is 0 Å². The highest BCUT2D eigenvalue weighted by Crippen LogP contribution is 2.49. The summed E-state index contributed by atoms with van der Waals surface area (Å²) in [6, 6.07) is 0. The van der Waals surface area contributed by atoms with Gasteiger partial charge in [0.25, 0.3) is 0 Å². The molecular weight excluding hydrogens is 906 g/mol. The van der Waals surface area contributed by atoms with Gasteiger partial charge >= 0.3 is 27.6 Å². The summed E-state index contributed by atoms with van der Waals surface area (Å²) < 4.78 is 49.0. The minimum Gasteiger partial charge on any atom is -0.462 e. The molecule has 0 heterocycles. The third kappa shape index (κ3) is 29.3. The molecule has 0 aromatic rings. The number of rotatable bonds is 36. The van der Waals surface area contributed by atoms with Crippen LogP contribution in [0.25, 0.3) is 0 Å². The molecule has 0 amide bonds. The SMILES string of the molecule is CCC/C=C\C/C=C\CCCCCCCC(=O)OC[C@H](COP(=O)(O)O[C@H]1C(O)C(O)C(O)[C@@H](OP(=O)(O)O)C1O)OC(=O)CCC[C@H](O)[C@@H](O)/C=C/C=C/C=C\C=C\[C@@H](O)CCCCC. The van der Waals surface area contributed by atoms with Gasteiger partial charge in [-0.1, -0.05) is 132 Å². The molecule has 1 saturated carbocycles. The van der Waals surface area contributed by atoms with E-state index in [1.54, 1.807) is 36.5 Å². The van der Waals surface area contributed by atoms with Crippen molar-refractivity contribution < 1.29 is 92.2 Å². The number of ether oxygens (including phenoxy) is 2.